The third kappa shape index (κ3) is 2.54. The zero-order chi connectivity index (χ0) is 13.1. The number of nitro groups is 1. The minimum Gasteiger partial charge on any atom is -0.456 e. The van der Waals surface area contributed by atoms with Gasteiger partial charge in [0.1, 0.15) is 11.5 Å². The molecule has 2 aromatic rings. The standard InChI is InChI=1S/C12H9NO4S/c1-8-2-3-9(13(15)16)4-12(8)17-10-5-11(6-14)18-7-10/h2-7H,1H3. The van der Waals surface area contributed by atoms with Crippen molar-refractivity contribution < 1.29 is 14.5 Å². The summed E-state index contributed by atoms with van der Waals surface area (Å²) in [6.45, 7) is 1.80. The number of ether oxygens (including phenoxy) is 1. The second kappa shape index (κ2) is 4.97. The molecule has 1 heterocycles. The summed E-state index contributed by atoms with van der Waals surface area (Å²) in [4.78, 5) is 21.3. The Morgan fingerprint density at radius 1 is 1.39 bits per heavy atom. The van der Waals surface area contributed by atoms with Gasteiger partial charge in [0.25, 0.3) is 5.69 Å². The van der Waals surface area contributed by atoms with Crippen LogP contribution in [-0.2, 0) is 0 Å². The number of hydrogen-bond acceptors (Lipinski definition) is 5. The summed E-state index contributed by atoms with van der Waals surface area (Å²) in [6, 6.07) is 6.01. The summed E-state index contributed by atoms with van der Waals surface area (Å²) >= 11 is 1.26. The van der Waals surface area contributed by atoms with Crippen molar-refractivity contribution in [3.05, 3.63) is 50.2 Å². The highest BCUT2D eigenvalue weighted by Crippen LogP contribution is 2.31. The Labute approximate surface area is 107 Å². The van der Waals surface area contributed by atoms with Gasteiger partial charge in [0.15, 0.2) is 6.29 Å². The molecule has 5 nitrogen and oxygen atoms in total. The van der Waals surface area contributed by atoms with Crippen molar-refractivity contribution in [3.63, 3.8) is 0 Å². The van der Waals surface area contributed by atoms with Crippen molar-refractivity contribution in [2.45, 2.75) is 6.92 Å². The molecule has 92 valence electrons. The molecule has 0 aliphatic heterocycles. The maximum atomic E-state index is 10.7. The van der Waals surface area contributed by atoms with E-state index < -0.39 is 4.92 Å². The van der Waals surface area contributed by atoms with Crippen LogP contribution in [0.15, 0.2) is 29.6 Å². The van der Waals surface area contributed by atoms with Gasteiger partial charge < -0.3 is 4.74 Å². The van der Waals surface area contributed by atoms with Crippen molar-refractivity contribution in [1.29, 1.82) is 0 Å². The molecule has 2 rings (SSSR count). The Bertz CT molecular complexity index is 606. The van der Waals surface area contributed by atoms with E-state index in [1.807, 2.05) is 0 Å². The van der Waals surface area contributed by atoms with Gasteiger partial charge in [-0.25, -0.2) is 0 Å². The molecule has 0 fully saturated rings. The number of non-ortho nitro benzene ring substituents is 1. The van der Waals surface area contributed by atoms with Crippen LogP contribution >= 0.6 is 11.3 Å². The lowest BCUT2D eigenvalue weighted by molar-refractivity contribution is -0.384. The number of aryl methyl sites for hydroxylation is 1. The molecule has 0 spiro atoms. The molecule has 0 saturated carbocycles. The van der Waals surface area contributed by atoms with Gasteiger partial charge in [-0.1, -0.05) is 0 Å². The molecule has 0 radical (unpaired) electrons. The van der Waals surface area contributed by atoms with Crippen molar-refractivity contribution >= 4 is 23.3 Å². The molecule has 0 atom stereocenters. The minimum atomic E-state index is -0.475. The van der Waals surface area contributed by atoms with Gasteiger partial charge in [-0.15, -0.1) is 11.3 Å². The summed E-state index contributed by atoms with van der Waals surface area (Å²) in [6.07, 6.45) is 0.734. The number of nitro benzene ring substituents is 1. The van der Waals surface area contributed by atoms with E-state index in [0.717, 1.165) is 11.8 Å². The van der Waals surface area contributed by atoms with E-state index in [4.69, 9.17) is 4.74 Å². The second-order valence-electron chi connectivity index (χ2n) is 3.61. The van der Waals surface area contributed by atoms with Crippen LogP contribution in [0.1, 0.15) is 15.2 Å². The average molecular weight is 263 g/mol. The first-order valence-corrected chi connectivity index (χ1v) is 5.94. The number of carbonyl (C=O) groups is 1. The van der Waals surface area contributed by atoms with Gasteiger partial charge >= 0.3 is 0 Å². The van der Waals surface area contributed by atoms with Crippen LogP contribution in [0.25, 0.3) is 0 Å². The molecule has 0 amide bonds. The predicted molar refractivity (Wildman–Crippen MR) is 67.6 cm³/mol. The predicted octanol–water partition coefficient (Wildman–Crippen LogP) is 3.57. The lowest BCUT2D eigenvalue weighted by Crippen LogP contribution is -1.91. The molecule has 0 saturated heterocycles. The molecule has 0 aliphatic rings. The van der Waals surface area contributed by atoms with E-state index in [2.05, 4.69) is 0 Å². The van der Waals surface area contributed by atoms with Gasteiger partial charge in [0, 0.05) is 17.5 Å². The molecule has 0 N–H and O–H groups in total. The lowest BCUT2D eigenvalue weighted by atomic mass is 10.2. The molecule has 18 heavy (non-hydrogen) atoms. The molecule has 6 heteroatoms. The van der Waals surface area contributed by atoms with E-state index >= 15 is 0 Å². The molecule has 0 bridgehead atoms. The summed E-state index contributed by atoms with van der Waals surface area (Å²) in [5, 5.41) is 12.4. The van der Waals surface area contributed by atoms with Gasteiger partial charge in [0.05, 0.1) is 15.9 Å². The summed E-state index contributed by atoms with van der Waals surface area (Å²) < 4.78 is 5.53. The average Bonchev–Trinajstić information content (AvgIpc) is 2.79. The minimum absolute atomic E-state index is 0.0264. The highest BCUT2D eigenvalue weighted by atomic mass is 32.1. The molecular formula is C12H9NO4S. The number of benzene rings is 1. The fourth-order valence-corrected chi connectivity index (χ4v) is 2.00. The first-order chi connectivity index (χ1) is 8.60. The highest BCUT2D eigenvalue weighted by Gasteiger charge is 2.11. The Hall–Kier alpha value is -2.21. The number of aldehydes is 1. The van der Waals surface area contributed by atoms with Crippen LogP contribution in [0.5, 0.6) is 11.5 Å². The molecule has 0 unspecified atom stereocenters. The third-order valence-corrected chi connectivity index (χ3v) is 3.16. The van der Waals surface area contributed by atoms with Gasteiger partial charge in [-0.05, 0) is 18.6 Å². The summed E-state index contributed by atoms with van der Waals surface area (Å²) in [7, 11) is 0. The third-order valence-electron chi connectivity index (χ3n) is 2.32. The maximum absolute atomic E-state index is 10.7. The normalized spacial score (nSPS) is 10.1. The van der Waals surface area contributed by atoms with E-state index in [1.165, 1.54) is 23.5 Å². The van der Waals surface area contributed by atoms with E-state index in [-0.39, 0.29) is 5.69 Å². The number of rotatable bonds is 4. The zero-order valence-corrected chi connectivity index (χ0v) is 10.3. The summed E-state index contributed by atoms with van der Waals surface area (Å²) in [5.74, 6) is 0.921. The monoisotopic (exact) mass is 263 g/mol. The van der Waals surface area contributed by atoms with Crippen LogP contribution in [0, 0.1) is 17.0 Å². The quantitative estimate of drug-likeness (QED) is 0.480. The van der Waals surface area contributed by atoms with Crippen molar-refractivity contribution in [2.75, 3.05) is 0 Å². The number of nitrogens with zero attached hydrogens (tertiary/aromatic N) is 1. The SMILES string of the molecule is Cc1ccc([N+](=O)[O-])cc1Oc1csc(C=O)c1. The van der Waals surface area contributed by atoms with Crippen LogP contribution in [0.3, 0.4) is 0 Å². The molecule has 1 aromatic heterocycles. The Morgan fingerprint density at radius 3 is 2.78 bits per heavy atom. The van der Waals surface area contributed by atoms with Crippen LogP contribution < -0.4 is 4.74 Å². The van der Waals surface area contributed by atoms with Crippen molar-refractivity contribution in [2.24, 2.45) is 0 Å². The molecule has 1 aromatic carbocycles. The van der Waals surface area contributed by atoms with Gasteiger partial charge in [0.2, 0.25) is 0 Å². The first kappa shape index (κ1) is 12.3. The largest absolute Gasteiger partial charge is 0.456 e. The smallest absolute Gasteiger partial charge is 0.273 e. The molecule has 0 aliphatic carbocycles. The second-order valence-corrected chi connectivity index (χ2v) is 4.55. The van der Waals surface area contributed by atoms with E-state index in [9.17, 15) is 14.9 Å². The van der Waals surface area contributed by atoms with Crippen LogP contribution in [0.4, 0.5) is 5.69 Å². The van der Waals surface area contributed by atoms with Gasteiger partial charge in [-0.2, -0.15) is 0 Å². The lowest BCUT2D eigenvalue weighted by Gasteiger charge is -2.06. The van der Waals surface area contributed by atoms with E-state index in [1.54, 1.807) is 24.4 Å². The first-order valence-electron chi connectivity index (χ1n) is 5.07. The van der Waals surface area contributed by atoms with E-state index in [0.29, 0.717) is 16.4 Å². The maximum Gasteiger partial charge on any atom is 0.273 e. The topological polar surface area (TPSA) is 69.4 Å². The number of thiophene rings is 1. The number of carbonyl (C=O) groups excluding carboxylic acids is 1. The van der Waals surface area contributed by atoms with Crippen LogP contribution in [0.2, 0.25) is 0 Å². The fourth-order valence-electron chi connectivity index (χ4n) is 1.39. The number of hydrogen-bond donors (Lipinski definition) is 0. The fraction of sp³-hybridized carbons (Fsp3) is 0.0833. The summed E-state index contributed by atoms with van der Waals surface area (Å²) in [5.41, 5.74) is 0.765. The Morgan fingerprint density at radius 2 is 2.17 bits per heavy atom. The van der Waals surface area contributed by atoms with Crippen molar-refractivity contribution in [1.82, 2.24) is 0 Å². The van der Waals surface area contributed by atoms with Gasteiger partial charge in [-0.3, -0.25) is 14.9 Å². The molecular weight excluding hydrogens is 254 g/mol. The van der Waals surface area contributed by atoms with Crippen LogP contribution in [-0.4, -0.2) is 11.2 Å². The van der Waals surface area contributed by atoms with Crippen molar-refractivity contribution in [3.8, 4) is 11.5 Å². The Balaban J connectivity index is 2.30. The Kier molecular flexibility index (Phi) is 3.38. The highest BCUT2D eigenvalue weighted by molar-refractivity contribution is 7.11. The zero-order valence-electron chi connectivity index (χ0n) is 9.45.